The Morgan fingerprint density at radius 3 is 2.80 bits per heavy atom. The first kappa shape index (κ1) is 18.9. The van der Waals surface area contributed by atoms with Crippen LogP contribution in [0.2, 0.25) is 0 Å². The highest BCUT2D eigenvalue weighted by molar-refractivity contribution is 5.79. The topological polar surface area (TPSA) is 86.9 Å². The number of aromatic nitrogens is 2. The van der Waals surface area contributed by atoms with Crippen molar-refractivity contribution in [2.45, 2.75) is 32.0 Å². The van der Waals surface area contributed by atoms with Gasteiger partial charge in [0.05, 0.1) is 13.2 Å². The third-order valence-electron chi connectivity index (χ3n) is 5.58. The second-order valence-electron chi connectivity index (χ2n) is 8.08. The average molecular weight is 409 g/mol. The molecule has 8 nitrogen and oxygen atoms in total. The fraction of sp³-hybridized carbons (Fsp3) is 0.409. The number of nitrogens with zero attached hydrogens (tertiary/aromatic N) is 3. The Hall–Kier alpha value is -3.13. The molecule has 0 unspecified atom stereocenters. The minimum atomic E-state index is -0.597. The molecule has 0 radical (unpaired) electrons. The van der Waals surface area contributed by atoms with Gasteiger partial charge in [0.25, 0.3) is 0 Å². The van der Waals surface area contributed by atoms with Crippen LogP contribution in [0, 0.1) is 0 Å². The molecule has 30 heavy (non-hydrogen) atoms. The van der Waals surface area contributed by atoms with Gasteiger partial charge in [-0.3, -0.25) is 0 Å². The molecule has 2 aliphatic rings. The fourth-order valence-electron chi connectivity index (χ4n) is 3.88. The van der Waals surface area contributed by atoms with E-state index in [1.807, 2.05) is 26.0 Å². The van der Waals surface area contributed by atoms with Gasteiger partial charge in [-0.25, -0.2) is 14.8 Å². The largest absolute Gasteiger partial charge is 0.484 e. The monoisotopic (exact) mass is 409 g/mol. The molecule has 5 rings (SSSR count). The predicted molar refractivity (Wildman–Crippen MR) is 110 cm³/mol. The van der Waals surface area contributed by atoms with E-state index in [0.717, 1.165) is 29.9 Å². The van der Waals surface area contributed by atoms with E-state index in [4.69, 9.17) is 18.6 Å². The Bertz CT molecular complexity index is 1140. The van der Waals surface area contributed by atoms with Crippen molar-refractivity contribution >= 4 is 16.8 Å². The molecule has 0 aliphatic carbocycles. The zero-order valence-electron chi connectivity index (χ0n) is 17.0. The molecular weight excluding hydrogens is 386 g/mol. The van der Waals surface area contributed by atoms with Crippen molar-refractivity contribution in [2.75, 3.05) is 31.2 Å². The lowest BCUT2D eigenvalue weighted by atomic mass is 9.90. The molecule has 4 heterocycles. The Morgan fingerprint density at radius 2 is 1.97 bits per heavy atom. The van der Waals surface area contributed by atoms with E-state index in [-0.39, 0.29) is 11.7 Å². The van der Waals surface area contributed by atoms with Crippen LogP contribution in [0.3, 0.4) is 0 Å². The van der Waals surface area contributed by atoms with E-state index >= 15 is 0 Å². The number of hydrogen-bond acceptors (Lipinski definition) is 8. The lowest BCUT2D eigenvalue weighted by Gasteiger charge is -2.39. The predicted octanol–water partition coefficient (Wildman–Crippen LogP) is 2.58. The third kappa shape index (κ3) is 3.59. The van der Waals surface area contributed by atoms with Crippen LogP contribution in [0.25, 0.3) is 11.0 Å². The van der Waals surface area contributed by atoms with Crippen LogP contribution in [0.4, 0.5) is 5.82 Å². The van der Waals surface area contributed by atoms with Crippen LogP contribution in [-0.4, -0.2) is 48.0 Å². The van der Waals surface area contributed by atoms with Crippen LogP contribution in [-0.2, 0) is 11.2 Å². The quantitative estimate of drug-likeness (QED) is 0.610. The smallest absolute Gasteiger partial charge is 0.336 e. The average Bonchev–Trinajstić information content (AvgIpc) is 2.74. The molecule has 1 saturated heterocycles. The highest BCUT2D eigenvalue weighted by Crippen LogP contribution is 2.37. The Morgan fingerprint density at radius 1 is 1.13 bits per heavy atom. The minimum Gasteiger partial charge on any atom is -0.484 e. The number of hydrogen-bond donors (Lipinski definition) is 0. The van der Waals surface area contributed by atoms with Gasteiger partial charge in [0.1, 0.15) is 35.2 Å². The zero-order valence-corrected chi connectivity index (χ0v) is 17.0. The first-order chi connectivity index (χ1) is 14.5. The second-order valence-corrected chi connectivity index (χ2v) is 8.08. The van der Waals surface area contributed by atoms with Gasteiger partial charge in [-0.2, -0.15) is 0 Å². The van der Waals surface area contributed by atoms with E-state index in [0.29, 0.717) is 36.8 Å². The number of morpholine rings is 1. The number of ether oxygens (including phenoxy) is 3. The first-order valence-corrected chi connectivity index (χ1v) is 10.1. The summed E-state index contributed by atoms with van der Waals surface area (Å²) in [7, 11) is 0. The van der Waals surface area contributed by atoms with Crippen LogP contribution in [0.15, 0.2) is 45.9 Å². The molecule has 0 bridgehead atoms. The lowest BCUT2D eigenvalue weighted by Crippen LogP contribution is -2.49. The van der Waals surface area contributed by atoms with Gasteiger partial charge in [0.15, 0.2) is 0 Å². The van der Waals surface area contributed by atoms with E-state index in [2.05, 4.69) is 14.9 Å². The summed E-state index contributed by atoms with van der Waals surface area (Å²) in [6.45, 7) is 6.94. The molecule has 2 aliphatic heterocycles. The van der Waals surface area contributed by atoms with Crippen LogP contribution in [0.1, 0.15) is 19.4 Å². The number of rotatable bonds is 3. The lowest BCUT2D eigenvalue weighted by molar-refractivity contribution is -0.0287. The van der Waals surface area contributed by atoms with Crippen LogP contribution < -0.4 is 20.0 Å². The molecule has 0 amide bonds. The van der Waals surface area contributed by atoms with Gasteiger partial charge in [0.2, 0.25) is 5.88 Å². The van der Waals surface area contributed by atoms with Gasteiger partial charge in [-0.1, -0.05) is 0 Å². The fourth-order valence-corrected chi connectivity index (χ4v) is 3.88. The summed E-state index contributed by atoms with van der Waals surface area (Å²) >= 11 is 0. The van der Waals surface area contributed by atoms with Crippen LogP contribution >= 0.6 is 0 Å². The molecule has 156 valence electrons. The zero-order chi connectivity index (χ0) is 20.7. The molecular formula is C22H23N3O5. The summed E-state index contributed by atoms with van der Waals surface area (Å²) < 4.78 is 23.2. The molecule has 0 N–H and O–H groups in total. The van der Waals surface area contributed by atoms with Gasteiger partial charge in [-0.15, -0.1) is 0 Å². The Balaban J connectivity index is 1.41. The highest BCUT2D eigenvalue weighted by atomic mass is 16.6. The Labute approximate surface area is 173 Å². The maximum absolute atomic E-state index is 11.5. The molecule has 0 saturated carbocycles. The van der Waals surface area contributed by atoms with Gasteiger partial charge in [-0.05, 0) is 31.5 Å². The maximum Gasteiger partial charge on any atom is 0.336 e. The summed E-state index contributed by atoms with van der Waals surface area (Å²) in [5.41, 5.74) is 0.545. The van der Waals surface area contributed by atoms with E-state index in [1.165, 1.54) is 12.4 Å². The summed E-state index contributed by atoms with van der Waals surface area (Å²) in [5, 5.41) is 0.854. The van der Waals surface area contributed by atoms with Gasteiger partial charge in [0, 0.05) is 43.1 Å². The molecule has 1 fully saturated rings. The van der Waals surface area contributed by atoms with Crippen molar-refractivity contribution in [3.63, 3.8) is 0 Å². The summed E-state index contributed by atoms with van der Waals surface area (Å²) in [5.74, 6) is 2.06. The van der Waals surface area contributed by atoms with Crippen molar-refractivity contribution in [2.24, 2.45) is 0 Å². The van der Waals surface area contributed by atoms with E-state index in [9.17, 15) is 4.79 Å². The Kier molecular flexibility index (Phi) is 4.58. The molecule has 1 aromatic carbocycles. The van der Waals surface area contributed by atoms with E-state index < -0.39 is 5.60 Å². The summed E-state index contributed by atoms with van der Waals surface area (Å²) in [6, 6.07) is 8.82. The second kappa shape index (κ2) is 7.28. The SMILES string of the molecule is CC1(C)Oc2cc3oc(=O)ccc3cc2C[C@@H]1Oc1cc(N2CCOCC2)ncn1. The van der Waals surface area contributed by atoms with Crippen molar-refractivity contribution in [1.29, 1.82) is 0 Å². The normalized spacial score (nSPS) is 20.5. The van der Waals surface area contributed by atoms with Gasteiger partial charge < -0.3 is 23.5 Å². The summed E-state index contributed by atoms with van der Waals surface area (Å²) in [4.78, 5) is 22.4. The highest BCUT2D eigenvalue weighted by Gasteiger charge is 2.39. The molecule has 0 spiro atoms. The maximum atomic E-state index is 11.5. The molecule has 2 aromatic heterocycles. The van der Waals surface area contributed by atoms with Crippen molar-refractivity contribution < 1.29 is 18.6 Å². The first-order valence-electron chi connectivity index (χ1n) is 10.1. The standard InChI is InChI=1S/C22H23N3O5/c1-22(2)18(29-20-12-19(23-13-24-20)25-5-7-27-8-6-25)10-15-9-14-3-4-21(26)28-16(14)11-17(15)30-22/h3-4,9,11-13,18H,5-8,10H2,1-2H3/t18-/m0/s1. The number of benzene rings is 1. The summed E-state index contributed by atoms with van der Waals surface area (Å²) in [6.07, 6.45) is 1.93. The van der Waals surface area contributed by atoms with Crippen molar-refractivity contribution in [3.05, 3.63) is 52.6 Å². The minimum absolute atomic E-state index is 0.245. The third-order valence-corrected chi connectivity index (χ3v) is 5.58. The van der Waals surface area contributed by atoms with Crippen LogP contribution in [0.5, 0.6) is 11.6 Å². The number of anilines is 1. The van der Waals surface area contributed by atoms with Gasteiger partial charge >= 0.3 is 5.63 Å². The van der Waals surface area contributed by atoms with Crippen molar-refractivity contribution in [1.82, 2.24) is 9.97 Å². The van der Waals surface area contributed by atoms with Crippen molar-refractivity contribution in [3.8, 4) is 11.6 Å². The molecule has 3 aromatic rings. The van der Waals surface area contributed by atoms with E-state index in [1.54, 1.807) is 12.1 Å². The molecule has 8 heteroatoms. The molecule has 1 atom stereocenters. The number of fused-ring (bicyclic) bond motifs is 2.